The number of benzene rings is 1. The molecule has 3 aromatic rings. The fourth-order valence-corrected chi connectivity index (χ4v) is 3.56. The molecule has 1 N–H and O–H groups in total. The summed E-state index contributed by atoms with van der Waals surface area (Å²) in [6, 6.07) is 7.28. The zero-order chi connectivity index (χ0) is 17.8. The first-order valence-corrected chi connectivity index (χ1v) is 8.69. The number of thiazole rings is 1. The molecule has 0 aliphatic heterocycles. The number of nitrogens with zero attached hydrogens (tertiary/aromatic N) is 3. The molecule has 0 saturated carbocycles. The molecule has 0 saturated heterocycles. The summed E-state index contributed by atoms with van der Waals surface area (Å²) in [6.07, 6.45) is 1.71. The summed E-state index contributed by atoms with van der Waals surface area (Å²) in [5, 5.41) is 4.60. The molecule has 2 heterocycles. The van der Waals surface area contributed by atoms with Crippen molar-refractivity contribution in [2.45, 2.75) is 13.5 Å². The highest BCUT2D eigenvalue weighted by atomic mass is 35.5. The topological polar surface area (TPSA) is 69.2 Å². The molecular weight excluding hydrogens is 360 g/mol. The van der Waals surface area contributed by atoms with Crippen LogP contribution >= 0.6 is 22.9 Å². The molecule has 0 atom stereocenters. The van der Waals surface area contributed by atoms with Crippen molar-refractivity contribution in [3.8, 4) is 16.3 Å². The Balaban J connectivity index is 1.85. The molecule has 0 spiro atoms. The van der Waals surface area contributed by atoms with Crippen LogP contribution in [0.5, 0.6) is 5.75 Å². The quantitative estimate of drug-likeness (QED) is 0.684. The molecule has 130 valence electrons. The third-order valence-corrected chi connectivity index (χ3v) is 4.85. The first kappa shape index (κ1) is 17.6. The van der Waals surface area contributed by atoms with Crippen LogP contribution in [0, 0.1) is 6.92 Å². The lowest BCUT2D eigenvalue weighted by Gasteiger charge is -2.08. The van der Waals surface area contributed by atoms with E-state index < -0.39 is 0 Å². The Bertz CT molecular complexity index is 885. The van der Waals surface area contributed by atoms with Crippen LogP contribution in [0.2, 0.25) is 5.02 Å². The number of aryl methyl sites for hydroxylation is 1. The molecule has 0 amide bonds. The number of halogens is 1. The lowest BCUT2D eigenvalue weighted by atomic mass is 10.3. The number of aromatic nitrogens is 3. The SMILES string of the molecule is COCc1nc(C)c(-c2ccnc(Nc3ccc(OC)c(Cl)c3)n2)s1. The van der Waals surface area contributed by atoms with Crippen molar-refractivity contribution in [2.75, 3.05) is 19.5 Å². The van der Waals surface area contributed by atoms with Gasteiger partial charge < -0.3 is 14.8 Å². The van der Waals surface area contributed by atoms with Gasteiger partial charge in [0.15, 0.2) is 0 Å². The summed E-state index contributed by atoms with van der Waals surface area (Å²) in [5.41, 5.74) is 2.52. The fourth-order valence-electron chi connectivity index (χ4n) is 2.29. The highest BCUT2D eigenvalue weighted by molar-refractivity contribution is 7.15. The molecule has 0 aliphatic rings. The normalized spacial score (nSPS) is 10.7. The molecule has 2 aromatic heterocycles. The summed E-state index contributed by atoms with van der Waals surface area (Å²) < 4.78 is 10.3. The van der Waals surface area contributed by atoms with E-state index in [1.54, 1.807) is 43.9 Å². The van der Waals surface area contributed by atoms with Crippen LogP contribution in [-0.4, -0.2) is 29.2 Å². The van der Waals surface area contributed by atoms with Crippen molar-refractivity contribution in [2.24, 2.45) is 0 Å². The second-order valence-electron chi connectivity index (χ2n) is 5.19. The molecule has 25 heavy (non-hydrogen) atoms. The van der Waals surface area contributed by atoms with Gasteiger partial charge in [0.2, 0.25) is 5.95 Å². The van der Waals surface area contributed by atoms with Crippen LogP contribution < -0.4 is 10.1 Å². The number of ether oxygens (including phenoxy) is 2. The maximum absolute atomic E-state index is 6.15. The van der Waals surface area contributed by atoms with Gasteiger partial charge in [-0.1, -0.05) is 11.6 Å². The van der Waals surface area contributed by atoms with Crippen molar-refractivity contribution < 1.29 is 9.47 Å². The van der Waals surface area contributed by atoms with Crippen LogP contribution in [0.15, 0.2) is 30.5 Å². The third-order valence-electron chi connectivity index (χ3n) is 3.40. The number of anilines is 2. The third kappa shape index (κ3) is 4.07. The van der Waals surface area contributed by atoms with E-state index in [-0.39, 0.29) is 0 Å². The predicted octanol–water partition coefficient (Wildman–Crippen LogP) is 4.46. The van der Waals surface area contributed by atoms with E-state index in [4.69, 9.17) is 21.1 Å². The van der Waals surface area contributed by atoms with Gasteiger partial charge in [-0.05, 0) is 31.2 Å². The van der Waals surface area contributed by atoms with Gasteiger partial charge in [-0.2, -0.15) is 0 Å². The maximum Gasteiger partial charge on any atom is 0.227 e. The predicted molar refractivity (Wildman–Crippen MR) is 99.9 cm³/mol. The molecule has 6 nitrogen and oxygen atoms in total. The average molecular weight is 377 g/mol. The van der Waals surface area contributed by atoms with Gasteiger partial charge >= 0.3 is 0 Å². The summed E-state index contributed by atoms with van der Waals surface area (Å²) in [6.45, 7) is 2.45. The second-order valence-corrected chi connectivity index (χ2v) is 6.69. The highest BCUT2D eigenvalue weighted by Gasteiger charge is 2.12. The van der Waals surface area contributed by atoms with Gasteiger partial charge in [-0.3, -0.25) is 0 Å². The van der Waals surface area contributed by atoms with E-state index >= 15 is 0 Å². The Morgan fingerprint density at radius 1 is 1.20 bits per heavy atom. The number of methoxy groups -OCH3 is 2. The van der Waals surface area contributed by atoms with Crippen LogP contribution in [0.1, 0.15) is 10.7 Å². The molecule has 0 radical (unpaired) electrons. The lowest BCUT2D eigenvalue weighted by molar-refractivity contribution is 0.184. The highest BCUT2D eigenvalue weighted by Crippen LogP contribution is 2.31. The first-order valence-electron chi connectivity index (χ1n) is 7.50. The van der Waals surface area contributed by atoms with Gasteiger partial charge in [-0.15, -0.1) is 11.3 Å². The van der Waals surface area contributed by atoms with Crippen LogP contribution in [0.4, 0.5) is 11.6 Å². The van der Waals surface area contributed by atoms with Crippen molar-refractivity contribution in [3.05, 3.63) is 46.2 Å². The number of hydrogen-bond donors (Lipinski definition) is 1. The van der Waals surface area contributed by atoms with Crippen LogP contribution in [0.25, 0.3) is 10.6 Å². The minimum Gasteiger partial charge on any atom is -0.495 e. The Labute approximate surface area is 154 Å². The van der Waals surface area contributed by atoms with Crippen molar-refractivity contribution in [1.29, 1.82) is 0 Å². The number of rotatable bonds is 6. The molecule has 0 aliphatic carbocycles. The monoisotopic (exact) mass is 376 g/mol. The Morgan fingerprint density at radius 3 is 2.76 bits per heavy atom. The second kappa shape index (κ2) is 7.77. The van der Waals surface area contributed by atoms with Gasteiger partial charge in [0.25, 0.3) is 0 Å². The summed E-state index contributed by atoms with van der Waals surface area (Å²) >= 11 is 7.72. The minimum atomic E-state index is 0.486. The standard InChI is InChI=1S/C17H17ClN4O2S/c1-10-16(25-15(20-10)9-23-2)13-6-7-19-17(22-13)21-11-4-5-14(24-3)12(18)8-11/h4-8H,9H2,1-3H3,(H,19,21,22). The van der Waals surface area contributed by atoms with E-state index in [9.17, 15) is 0 Å². The van der Waals surface area contributed by atoms with Crippen molar-refractivity contribution >= 4 is 34.6 Å². The van der Waals surface area contributed by atoms with Crippen LogP contribution in [0.3, 0.4) is 0 Å². The minimum absolute atomic E-state index is 0.486. The van der Waals surface area contributed by atoms with E-state index in [0.29, 0.717) is 23.3 Å². The number of nitrogens with one attached hydrogen (secondary N) is 1. The smallest absolute Gasteiger partial charge is 0.227 e. The molecule has 8 heteroatoms. The molecule has 0 fully saturated rings. The fraction of sp³-hybridized carbons (Fsp3) is 0.235. The summed E-state index contributed by atoms with van der Waals surface area (Å²) in [5.74, 6) is 1.10. The van der Waals surface area contributed by atoms with Crippen LogP contribution in [-0.2, 0) is 11.3 Å². The van der Waals surface area contributed by atoms with Gasteiger partial charge in [0.05, 0.1) is 35.0 Å². The van der Waals surface area contributed by atoms with Crippen molar-refractivity contribution in [3.63, 3.8) is 0 Å². The zero-order valence-corrected chi connectivity index (χ0v) is 15.6. The Morgan fingerprint density at radius 2 is 2.04 bits per heavy atom. The average Bonchev–Trinajstić information content (AvgIpc) is 2.96. The lowest BCUT2D eigenvalue weighted by Crippen LogP contribution is -1.98. The summed E-state index contributed by atoms with van der Waals surface area (Å²) in [7, 11) is 3.24. The Hall–Kier alpha value is -2.22. The maximum atomic E-state index is 6.15. The molecule has 3 rings (SSSR count). The van der Waals surface area contributed by atoms with E-state index in [1.807, 2.05) is 19.1 Å². The molecule has 0 bridgehead atoms. The van der Waals surface area contributed by atoms with Gasteiger partial charge in [0.1, 0.15) is 10.8 Å². The van der Waals surface area contributed by atoms with Crippen molar-refractivity contribution in [1.82, 2.24) is 15.0 Å². The van der Waals surface area contributed by atoms with E-state index in [2.05, 4.69) is 20.3 Å². The Kier molecular flexibility index (Phi) is 5.47. The molecular formula is C17H17ClN4O2S. The van der Waals surface area contributed by atoms with Gasteiger partial charge in [-0.25, -0.2) is 15.0 Å². The zero-order valence-electron chi connectivity index (χ0n) is 14.0. The number of hydrogen-bond acceptors (Lipinski definition) is 7. The summed E-state index contributed by atoms with van der Waals surface area (Å²) in [4.78, 5) is 14.4. The van der Waals surface area contributed by atoms with Gasteiger partial charge in [0, 0.05) is 19.0 Å². The molecule has 0 unspecified atom stereocenters. The van der Waals surface area contributed by atoms with E-state index in [1.165, 1.54) is 0 Å². The molecule has 1 aromatic carbocycles. The largest absolute Gasteiger partial charge is 0.495 e. The first-order chi connectivity index (χ1) is 12.1. The van der Waals surface area contributed by atoms with E-state index in [0.717, 1.165) is 27.0 Å².